The summed E-state index contributed by atoms with van der Waals surface area (Å²) < 4.78 is 11.0. The maximum atomic E-state index is 6.25. The Labute approximate surface area is 122 Å². The van der Waals surface area contributed by atoms with Gasteiger partial charge in [0.25, 0.3) is 0 Å². The predicted octanol–water partition coefficient (Wildman–Crippen LogP) is 2.73. The van der Waals surface area contributed by atoms with Gasteiger partial charge < -0.3 is 15.2 Å². The minimum Gasteiger partial charge on any atom is -0.491 e. The molecule has 106 valence electrons. The molecule has 3 N–H and O–H groups in total. The number of H-pyrrole nitrogens is 1. The van der Waals surface area contributed by atoms with Crippen molar-refractivity contribution in [1.82, 2.24) is 10.2 Å². The van der Waals surface area contributed by atoms with Crippen molar-refractivity contribution in [2.75, 3.05) is 25.6 Å². The molecule has 0 unspecified atom stereocenters. The monoisotopic (exact) mass is 293 g/mol. The van der Waals surface area contributed by atoms with Crippen LogP contribution in [0.5, 0.6) is 5.75 Å². The molecule has 1 aliphatic rings. The summed E-state index contributed by atoms with van der Waals surface area (Å²) in [6.07, 6.45) is 0. The van der Waals surface area contributed by atoms with Crippen molar-refractivity contribution in [2.45, 2.75) is 6.92 Å². The number of benzene rings is 1. The van der Waals surface area contributed by atoms with E-state index in [0.29, 0.717) is 23.2 Å². The van der Waals surface area contributed by atoms with Crippen molar-refractivity contribution in [3.05, 3.63) is 29.3 Å². The van der Waals surface area contributed by atoms with E-state index in [1.807, 2.05) is 18.2 Å². The summed E-state index contributed by atoms with van der Waals surface area (Å²) in [4.78, 5) is 0. The quantitative estimate of drug-likeness (QED) is 0.909. The Morgan fingerprint density at radius 3 is 2.80 bits per heavy atom. The number of hydrogen-bond donors (Lipinski definition) is 2. The number of aromatic amines is 1. The van der Waals surface area contributed by atoms with Crippen LogP contribution in [0.15, 0.2) is 24.3 Å². The van der Waals surface area contributed by atoms with Crippen molar-refractivity contribution in [2.24, 2.45) is 5.41 Å². The topological polar surface area (TPSA) is 73.2 Å². The Morgan fingerprint density at radius 2 is 2.25 bits per heavy atom. The minimum atomic E-state index is 0.0971. The first kappa shape index (κ1) is 13.3. The number of rotatable bonds is 4. The van der Waals surface area contributed by atoms with E-state index < -0.39 is 0 Å². The van der Waals surface area contributed by atoms with Crippen LogP contribution in [-0.2, 0) is 4.74 Å². The summed E-state index contributed by atoms with van der Waals surface area (Å²) in [5.74, 6) is 1.13. The third kappa shape index (κ3) is 2.59. The Balaban J connectivity index is 1.74. The first-order valence-corrected chi connectivity index (χ1v) is 6.75. The van der Waals surface area contributed by atoms with E-state index in [1.54, 1.807) is 6.07 Å². The highest BCUT2D eigenvalue weighted by atomic mass is 35.5. The zero-order valence-electron chi connectivity index (χ0n) is 11.1. The van der Waals surface area contributed by atoms with Crippen molar-refractivity contribution < 1.29 is 9.47 Å². The normalized spacial score (nSPS) is 16.7. The average molecular weight is 294 g/mol. The molecule has 0 bridgehead atoms. The number of nitrogens with zero attached hydrogens (tertiary/aromatic N) is 1. The summed E-state index contributed by atoms with van der Waals surface area (Å²) >= 11 is 6.25. The van der Waals surface area contributed by atoms with Gasteiger partial charge in [-0.25, -0.2) is 0 Å². The molecule has 1 fully saturated rings. The van der Waals surface area contributed by atoms with Gasteiger partial charge >= 0.3 is 0 Å². The summed E-state index contributed by atoms with van der Waals surface area (Å²) in [7, 11) is 0. The number of aromatic nitrogens is 2. The third-order valence-electron chi connectivity index (χ3n) is 3.32. The van der Waals surface area contributed by atoms with Crippen molar-refractivity contribution >= 4 is 17.4 Å². The third-order valence-corrected chi connectivity index (χ3v) is 3.61. The fourth-order valence-electron chi connectivity index (χ4n) is 2.06. The van der Waals surface area contributed by atoms with E-state index >= 15 is 0 Å². The van der Waals surface area contributed by atoms with Crippen LogP contribution in [0.1, 0.15) is 6.92 Å². The lowest BCUT2D eigenvalue weighted by atomic mass is 9.90. The van der Waals surface area contributed by atoms with Gasteiger partial charge in [-0.3, -0.25) is 5.10 Å². The zero-order valence-corrected chi connectivity index (χ0v) is 11.9. The largest absolute Gasteiger partial charge is 0.491 e. The van der Waals surface area contributed by atoms with E-state index in [1.165, 1.54) is 0 Å². The lowest BCUT2D eigenvalue weighted by Gasteiger charge is -2.37. The number of nitrogens with two attached hydrogens (primary N) is 1. The van der Waals surface area contributed by atoms with Crippen LogP contribution in [0.2, 0.25) is 5.02 Å². The lowest BCUT2D eigenvalue weighted by Crippen LogP contribution is -2.44. The van der Waals surface area contributed by atoms with Crippen LogP contribution < -0.4 is 10.5 Å². The summed E-state index contributed by atoms with van der Waals surface area (Å²) in [6.45, 7) is 4.20. The van der Waals surface area contributed by atoms with Gasteiger partial charge in [0.15, 0.2) is 0 Å². The maximum Gasteiger partial charge on any atom is 0.145 e. The maximum absolute atomic E-state index is 6.25. The molecule has 3 rings (SSSR count). The number of halogens is 1. The Bertz CT molecular complexity index is 623. The molecular weight excluding hydrogens is 278 g/mol. The van der Waals surface area contributed by atoms with E-state index in [9.17, 15) is 0 Å². The smallest absolute Gasteiger partial charge is 0.145 e. The number of hydrogen-bond acceptors (Lipinski definition) is 4. The molecule has 5 nitrogen and oxygen atoms in total. The molecular formula is C14H16ClN3O2. The number of anilines is 1. The molecule has 0 amide bonds. The predicted molar refractivity (Wildman–Crippen MR) is 77.9 cm³/mol. The minimum absolute atomic E-state index is 0.0971. The second-order valence-corrected chi connectivity index (χ2v) is 5.85. The van der Waals surface area contributed by atoms with Crippen molar-refractivity contribution in [1.29, 1.82) is 0 Å². The van der Waals surface area contributed by atoms with Crippen LogP contribution in [0, 0.1) is 5.41 Å². The summed E-state index contributed by atoms with van der Waals surface area (Å²) in [5.41, 5.74) is 7.44. The molecule has 6 heteroatoms. The summed E-state index contributed by atoms with van der Waals surface area (Å²) in [5, 5.41) is 7.32. The first-order chi connectivity index (χ1) is 9.56. The highest BCUT2D eigenvalue weighted by Crippen LogP contribution is 2.33. The Morgan fingerprint density at radius 1 is 1.45 bits per heavy atom. The van der Waals surface area contributed by atoms with Gasteiger partial charge in [-0.05, 0) is 18.2 Å². The highest BCUT2D eigenvalue weighted by molar-refractivity contribution is 6.32. The molecule has 1 aromatic heterocycles. The van der Waals surface area contributed by atoms with Gasteiger partial charge in [0.2, 0.25) is 0 Å². The van der Waals surface area contributed by atoms with Crippen LogP contribution in [-0.4, -0.2) is 30.0 Å². The second-order valence-electron chi connectivity index (χ2n) is 5.44. The fourth-order valence-corrected chi connectivity index (χ4v) is 2.29. The van der Waals surface area contributed by atoms with E-state index in [0.717, 1.165) is 24.5 Å². The molecule has 1 aromatic carbocycles. The molecule has 1 aliphatic heterocycles. The van der Waals surface area contributed by atoms with Crippen LogP contribution in [0.4, 0.5) is 5.82 Å². The SMILES string of the molecule is CC1(COc2ccc(-c3cc(N)n[nH]3)cc2Cl)COC1. The molecule has 20 heavy (non-hydrogen) atoms. The standard InChI is InChI=1S/C14H16ClN3O2/c1-14(6-19-7-14)8-20-12-3-2-9(4-10(12)15)11-5-13(16)18-17-11/h2-5H,6-8H2,1H3,(H3,16,17,18). The number of nitrogen functional groups attached to an aromatic ring is 1. The molecule has 2 heterocycles. The number of ether oxygens (including phenoxy) is 2. The second kappa shape index (κ2) is 5.00. The fraction of sp³-hybridized carbons (Fsp3) is 0.357. The summed E-state index contributed by atoms with van der Waals surface area (Å²) in [6, 6.07) is 7.38. The van der Waals surface area contributed by atoms with Crippen molar-refractivity contribution in [3.63, 3.8) is 0 Å². The Kier molecular flexibility index (Phi) is 3.31. The van der Waals surface area contributed by atoms with E-state index in [2.05, 4.69) is 17.1 Å². The first-order valence-electron chi connectivity index (χ1n) is 6.37. The zero-order chi connectivity index (χ0) is 14.2. The molecule has 0 atom stereocenters. The molecule has 0 radical (unpaired) electrons. The van der Waals surface area contributed by atoms with Gasteiger partial charge in [0, 0.05) is 17.0 Å². The van der Waals surface area contributed by atoms with Gasteiger partial charge in [0.1, 0.15) is 11.6 Å². The van der Waals surface area contributed by atoms with Crippen LogP contribution in [0.25, 0.3) is 11.3 Å². The lowest BCUT2D eigenvalue weighted by molar-refractivity contribution is -0.120. The molecule has 0 saturated carbocycles. The van der Waals surface area contributed by atoms with E-state index in [4.69, 9.17) is 26.8 Å². The average Bonchev–Trinajstić information content (AvgIpc) is 2.82. The molecule has 0 aliphatic carbocycles. The van der Waals surface area contributed by atoms with E-state index in [-0.39, 0.29) is 5.41 Å². The van der Waals surface area contributed by atoms with Gasteiger partial charge in [-0.2, -0.15) is 5.10 Å². The molecule has 0 spiro atoms. The number of nitrogens with one attached hydrogen (secondary N) is 1. The van der Waals surface area contributed by atoms with Crippen molar-refractivity contribution in [3.8, 4) is 17.0 Å². The highest BCUT2D eigenvalue weighted by Gasteiger charge is 2.34. The molecule has 1 saturated heterocycles. The molecule has 2 aromatic rings. The van der Waals surface area contributed by atoms with Gasteiger partial charge in [-0.1, -0.05) is 18.5 Å². The Hall–Kier alpha value is -1.72. The van der Waals surface area contributed by atoms with Crippen LogP contribution >= 0.6 is 11.6 Å². The van der Waals surface area contributed by atoms with Gasteiger partial charge in [0.05, 0.1) is 30.5 Å². The van der Waals surface area contributed by atoms with Gasteiger partial charge in [-0.15, -0.1) is 0 Å². The van der Waals surface area contributed by atoms with Crippen LogP contribution in [0.3, 0.4) is 0 Å².